The first-order valence-corrected chi connectivity index (χ1v) is 7.95. The van der Waals surface area contributed by atoms with Gasteiger partial charge in [-0.05, 0) is 53.6 Å². The minimum atomic E-state index is -0.297. The van der Waals surface area contributed by atoms with E-state index in [9.17, 15) is 9.18 Å². The molecular formula is C22H17FO2. The second-order valence-electron chi connectivity index (χ2n) is 5.55. The number of ether oxygens (including phenoxy) is 1. The van der Waals surface area contributed by atoms with E-state index in [1.165, 1.54) is 18.2 Å². The van der Waals surface area contributed by atoms with Gasteiger partial charge in [-0.2, -0.15) is 0 Å². The van der Waals surface area contributed by atoms with E-state index in [2.05, 4.69) is 0 Å². The number of allylic oxidation sites excluding steroid dienone is 1. The van der Waals surface area contributed by atoms with Gasteiger partial charge >= 0.3 is 0 Å². The number of rotatable bonds is 6. The monoisotopic (exact) mass is 332 g/mol. The molecule has 0 heterocycles. The summed E-state index contributed by atoms with van der Waals surface area (Å²) in [6.07, 6.45) is 3.15. The van der Waals surface area contributed by atoms with Crippen LogP contribution in [0.25, 0.3) is 6.08 Å². The summed E-state index contributed by atoms with van der Waals surface area (Å²) in [5, 5.41) is 0. The van der Waals surface area contributed by atoms with Crippen molar-refractivity contribution in [2.45, 2.75) is 6.61 Å². The molecule has 0 saturated carbocycles. The molecule has 0 unspecified atom stereocenters. The quantitative estimate of drug-likeness (QED) is 0.452. The molecule has 0 N–H and O–H groups in total. The van der Waals surface area contributed by atoms with Crippen LogP contribution >= 0.6 is 0 Å². The number of carbonyl (C=O) groups excluding carboxylic acids is 1. The van der Waals surface area contributed by atoms with Gasteiger partial charge in [0.1, 0.15) is 18.2 Å². The second-order valence-corrected chi connectivity index (χ2v) is 5.55. The lowest BCUT2D eigenvalue weighted by molar-refractivity contribution is 0.104. The van der Waals surface area contributed by atoms with Crippen LogP contribution in [0.1, 0.15) is 21.5 Å². The predicted octanol–water partition coefficient (Wildman–Crippen LogP) is 5.30. The number of benzene rings is 3. The van der Waals surface area contributed by atoms with Crippen LogP contribution in [0.2, 0.25) is 0 Å². The zero-order valence-electron chi connectivity index (χ0n) is 13.6. The van der Waals surface area contributed by atoms with Gasteiger partial charge in [0.25, 0.3) is 0 Å². The van der Waals surface area contributed by atoms with Gasteiger partial charge in [0, 0.05) is 5.56 Å². The molecule has 0 aliphatic carbocycles. The van der Waals surface area contributed by atoms with Gasteiger partial charge in [0.05, 0.1) is 0 Å². The van der Waals surface area contributed by atoms with Gasteiger partial charge in [-0.1, -0.05) is 48.5 Å². The SMILES string of the molecule is O=C(/C=C/c1ccc(F)cc1)c1ccc(OCc2ccccc2)cc1. The largest absolute Gasteiger partial charge is 0.489 e. The fourth-order valence-electron chi connectivity index (χ4n) is 2.30. The maximum absolute atomic E-state index is 12.9. The van der Waals surface area contributed by atoms with Gasteiger partial charge in [0.2, 0.25) is 0 Å². The molecule has 3 heteroatoms. The smallest absolute Gasteiger partial charge is 0.185 e. The van der Waals surface area contributed by atoms with Crippen molar-refractivity contribution >= 4 is 11.9 Å². The van der Waals surface area contributed by atoms with Gasteiger partial charge in [-0.3, -0.25) is 4.79 Å². The Kier molecular flexibility index (Phi) is 5.37. The molecular weight excluding hydrogens is 315 g/mol. The van der Waals surface area contributed by atoms with Crippen molar-refractivity contribution in [2.75, 3.05) is 0 Å². The summed E-state index contributed by atoms with van der Waals surface area (Å²) < 4.78 is 18.6. The van der Waals surface area contributed by atoms with Crippen LogP contribution in [0, 0.1) is 5.82 Å². The van der Waals surface area contributed by atoms with E-state index >= 15 is 0 Å². The Morgan fingerprint density at radius 1 is 0.880 bits per heavy atom. The average Bonchev–Trinajstić information content (AvgIpc) is 2.67. The zero-order chi connectivity index (χ0) is 17.5. The van der Waals surface area contributed by atoms with Crippen molar-refractivity contribution in [1.29, 1.82) is 0 Å². The van der Waals surface area contributed by atoms with Crippen molar-refractivity contribution in [3.8, 4) is 5.75 Å². The molecule has 0 bridgehead atoms. The third kappa shape index (κ3) is 4.88. The van der Waals surface area contributed by atoms with Gasteiger partial charge in [-0.25, -0.2) is 4.39 Å². The summed E-state index contributed by atoms with van der Waals surface area (Å²) in [7, 11) is 0. The molecule has 0 radical (unpaired) electrons. The Balaban J connectivity index is 1.59. The molecule has 0 aliphatic heterocycles. The highest BCUT2D eigenvalue weighted by atomic mass is 19.1. The molecule has 124 valence electrons. The summed E-state index contributed by atoms with van der Waals surface area (Å²) in [6, 6.07) is 22.9. The van der Waals surface area contributed by atoms with Crippen molar-refractivity contribution < 1.29 is 13.9 Å². The first kappa shape index (κ1) is 16.7. The molecule has 0 saturated heterocycles. The minimum absolute atomic E-state index is 0.112. The highest BCUT2D eigenvalue weighted by Crippen LogP contribution is 2.15. The molecule has 0 amide bonds. The van der Waals surface area contributed by atoms with Crippen LogP contribution in [0.5, 0.6) is 5.75 Å². The second kappa shape index (κ2) is 8.06. The van der Waals surface area contributed by atoms with E-state index in [0.29, 0.717) is 17.9 Å². The lowest BCUT2D eigenvalue weighted by Crippen LogP contribution is -1.97. The van der Waals surface area contributed by atoms with Crippen LogP contribution in [0.3, 0.4) is 0 Å². The van der Waals surface area contributed by atoms with E-state index < -0.39 is 0 Å². The van der Waals surface area contributed by atoms with Crippen molar-refractivity contribution in [3.05, 3.63) is 107 Å². The lowest BCUT2D eigenvalue weighted by atomic mass is 10.1. The van der Waals surface area contributed by atoms with Gasteiger partial charge < -0.3 is 4.74 Å². The lowest BCUT2D eigenvalue weighted by Gasteiger charge is -2.06. The van der Waals surface area contributed by atoms with Gasteiger partial charge in [0.15, 0.2) is 5.78 Å². The molecule has 3 rings (SSSR count). The summed E-state index contributed by atoms with van der Waals surface area (Å²) in [6.45, 7) is 0.485. The van der Waals surface area contributed by atoms with Crippen molar-refractivity contribution in [2.24, 2.45) is 0 Å². The topological polar surface area (TPSA) is 26.3 Å². The van der Waals surface area contributed by atoms with Crippen molar-refractivity contribution in [1.82, 2.24) is 0 Å². The Bertz CT molecular complexity index is 851. The predicted molar refractivity (Wildman–Crippen MR) is 97.0 cm³/mol. The molecule has 0 aliphatic rings. The van der Waals surface area contributed by atoms with Crippen LogP contribution in [-0.2, 0) is 6.61 Å². The van der Waals surface area contributed by atoms with Crippen LogP contribution in [-0.4, -0.2) is 5.78 Å². The molecule has 0 spiro atoms. The first-order valence-electron chi connectivity index (χ1n) is 7.95. The Morgan fingerprint density at radius 3 is 2.24 bits per heavy atom. The fraction of sp³-hybridized carbons (Fsp3) is 0.0455. The van der Waals surface area contributed by atoms with E-state index in [1.54, 1.807) is 42.5 Å². The number of hydrogen-bond donors (Lipinski definition) is 0. The Labute approximate surface area is 146 Å². The van der Waals surface area contributed by atoms with E-state index in [4.69, 9.17) is 4.74 Å². The van der Waals surface area contributed by atoms with Gasteiger partial charge in [-0.15, -0.1) is 0 Å². The third-order valence-electron chi connectivity index (χ3n) is 3.68. The standard InChI is InChI=1S/C22H17FO2/c23-20-11-6-17(7-12-20)8-15-22(24)19-9-13-21(14-10-19)25-16-18-4-2-1-3-5-18/h1-15H,16H2/b15-8+. The molecule has 3 aromatic carbocycles. The minimum Gasteiger partial charge on any atom is -0.489 e. The molecule has 25 heavy (non-hydrogen) atoms. The molecule has 3 aromatic rings. The third-order valence-corrected chi connectivity index (χ3v) is 3.68. The number of ketones is 1. The molecule has 0 aromatic heterocycles. The highest BCUT2D eigenvalue weighted by Gasteiger charge is 2.03. The van der Waals surface area contributed by atoms with Crippen LogP contribution in [0.4, 0.5) is 4.39 Å². The molecule has 2 nitrogen and oxygen atoms in total. The first-order chi connectivity index (χ1) is 12.2. The summed E-state index contributed by atoms with van der Waals surface area (Å²) >= 11 is 0. The zero-order valence-corrected chi connectivity index (χ0v) is 13.6. The Morgan fingerprint density at radius 2 is 1.56 bits per heavy atom. The maximum atomic E-state index is 12.9. The highest BCUT2D eigenvalue weighted by molar-refractivity contribution is 6.06. The normalized spacial score (nSPS) is 10.8. The van der Waals surface area contributed by atoms with E-state index in [0.717, 1.165) is 11.1 Å². The number of carbonyl (C=O) groups is 1. The molecule has 0 fully saturated rings. The number of hydrogen-bond acceptors (Lipinski definition) is 2. The maximum Gasteiger partial charge on any atom is 0.185 e. The summed E-state index contributed by atoms with van der Waals surface area (Å²) in [5.74, 6) is 0.302. The van der Waals surface area contributed by atoms with E-state index in [1.807, 2.05) is 30.3 Å². The van der Waals surface area contributed by atoms with Crippen LogP contribution in [0.15, 0.2) is 84.9 Å². The average molecular weight is 332 g/mol. The number of halogens is 1. The fourth-order valence-corrected chi connectivity index (χ4v) is 2.30. The Hall–Kier alpha value is -3.20. The van der Waals surface area contributed by atoms with Crippen LogP contribution < -0.4 is 4.74 Å². The summed E-state index contributed by atoms with van der Waals surface area (Å²) in [4.78, 5) is 12.2. The van der Waals surface area contributed by atoms with Crippen molar-refractivity contribution in [3.63, 3.8) is 0 Å². The molecule has 0 atom stereocenters. The summed E-state index contributed by atoms with van der Waals surface area (Å²) in [5.41, 5.74) is 2.44. The van der Waals surface area contributed by atoms with E-state index in [-0.39, 0.29) is 11.6 Å².